The topological polar surface area (TPSA) is 93.4 Å². The molecule has 3 heterocycles. The third kappa shape index (κ3) is 4.01. The summed E-state index contributed by atoms with van der Waals surface area (Å²) in [4.78, 5) is 23.0. The summed E-state index contributed by atoms with van der Waals surface area (Å²) in [5.41, 5.74) is 3.72. The van der Waals surface area contributed by atoms with E-state index in [9.17, 15) is 4.79 Å². The van der Waals surface area contributed by atoms with Gasteiger partial charge in [-0.2, -0.15) is 4.98 Å². The number of carbonyl (C=O) groups excluding carboxylic acids is 1. The average Bonchev–Trinajstić information content (AvgIpc) is 3.12. The van der Waals surface area contributed by atoms with Gasteiger partial charge in [0.15, 0.2) is 0 Å². The second-order valence-electron chi connectivity index (χ2n) is 7.06. The number of ether oxygens (including phenoxy) is 1. The second-order valence-corrected chi connectivity index (χ2v) is 7.06. The van der Waals surface area contributed by atoms with Gasteiger partial charge in [0.25, 0.3) is 5.71 Å². The molecule has 1 N–H and O–H groups in total. The Balaban J connectivity index is 1.44. The smallest absolute Gasteiger partial charge is 0.376 e. The van der Waals surface area contributed by atoms with Crippen molar-refractivity contribution in [3.05, 3.63) is 41.3 Å². The van der Waals surface area contributed by atoms with Crippen LogP contribution in [0.4, 0.5) is 11.5 Å². The zero-order valence-corrected chi connectivity index (χ0v) is 16.8. The van der Waals surface area contributed by atoms with Crippen molar-refractivity contribution in [3.63, 3.8) is 0 Å². The van der Waals surface area contributed by atoms with Gasteiger partial charge in [0.1, 0.15) is 11.2 Å². The second kappa shape index (κ2) is 8.46. The van der Waals surface area contributed by atoms with Crippen molar-refractivity contribution in [1.29, 1.82) is 0 Å². The normalized spacial score (nSPS) is 13.4. The molecule has 29 heavy (non-hydrogen) atoms. The molecule has 0 atom stereocenters. The van der Waals surface area contributed by atoms with Crippen LogP contribution < -0.4 is 10.2 Å². The first-order chi connectivity index (χ1) is 14.2. The minimum absolute atomic E-state index is 0.0250. The van der Waals surface area contributed by atoms with Crippen LogP contribution >= 0.6 is 0 Å². The zero-order chi connectivity index (χ0) is 20.2. The highest BCUT2D eigenvalue weighted by Gasteiger charge is 2.20. The minimum Gasteiger partial charge on any atom is -0.460 e. The molecule has 1 aromatic carbocycles. The van der Waals surface area contributed by atoms with E-state index in [1.807, 2.05) is 6.92 Å². The number of carbonyl (C=O) groups is 1. The van der Waals surface area contributed by atoms with Crippen LogP contribution in [0.1, 0.15) is 41.6 Å². The van der Waals surface area contributed by atoms with Crippen LogP contribution in [0.25, 0.3) is 11.1 Å². The lowest BCUT2D eigenvalue weighted by atomic mass is 10.0. The van der Waals surface area contributed by atoms with Gasteiger partial charge in [-0.15, -0.1) is 0 Å². The molecule has 1 aliphatic rings. The van der Waals surface area contributed by atoms with Gasteiger partial charge in [-0.25, -0.2) is 9.78 Å². The van der Waals surface area contributed by atoms with E-state index in [0.29, 0.717) is 23.4 Å². The van der Waals surface area contributed by atoms with Crippen molar-refractivity contribution in [2.45, 2.75) is 33.1 Å². The number of rotatable bonds is 7. The molecule has 0 saturated carbocycles. The van der Waals surface area contributed by atoms with E-state index < -0.39 is 5.97 Å². The molecule has 152 valence electrons. The minimum atomic E-state index is -0.573. The molecule has 1 aliphatic heterocycles. The first-order valence-electron chi connectivity index (χ1n) is 10.0. The predicted molar refractivity (Wildman–Crippen MR) is 110 cm³/mol. The Hall–Kier alpha value is -3.16. The van der Waals surface area contributed by atoms with E-state index in [2.05, 4.69) is 49.6 Å². The summed E-state index contributed by atoms with van der Waals surface area (Å²) in [5.74, 6) is -0.0461. The van der Waals surface area contributed by atoms with Gasteiger partial charge in [0, 0.05) is 25.3 Å². The van der Waals surface area contributed by atoms with Crippen molar-refractivity contribution in [2.24, 2.45) is 0 Å². The lowest BCUT2D eigenvalue weighted by molar-refractivity contribution is 0.0512. The average molecular weight is 395 g/mol. The number of para-hydroxylation sites is 1. The molecule has 8 nitrogen and oxygen atoms in total. The highest BCUT2D eigenvalue weighted by Crippen LogP contribution is 2.27. The third-order valence-corrected chi connectivity index (χ3v) is 5.07. The van der Waals surface area contributed by atoms with Crippen molar-refractivity contribution in [1.82, 2.24) is 15.1 Å². The highest BCUT2D eigenvalue weighted by molar-refractivity contribution is 5.93. The summed E-state index contributed by atoms with van der Waals surface area (Å²) < 4.78 is 10.3. The van der Waals surface area contributed by atoms with Crippen molar-refractivity contribution in [3.8, 4) is 0 Å². The van der Waals surface area contributed by atoms with Crippen molar-refractivity contribution < 1.29 is 14.1 Å². The molecule has 4 rings (SSSR count). The Morgan fingerprint density at radius 3 is 3.03 bits per heavy atom. The van der Waals surface area contributed by atoms with Gasteiger partial charge in [-0.3, -0.25) is 0 Å². The summed E-state index contributed by atoms with van der Waals surface area (Å²) >= 11 is 0. The fraction of sp³-hybridized carbons (Fsp3) is 0.429. The van der Waals surface area contributed by atoms with Gasteiger partial charge in [0.05, 0.1) is 12.3 Å². The maximum atomic E-state index is 12.1. The lowest BCUT2D eigenvalue weighted by Crippen LogP contribution is -2.31. The van der Waals surface area contributed by atoms with Crippen LogP contribution in [0.15, 0.2) is 28.8 Å². The standard InChI is InChI=1S/C21H25N5O3/c1-3-28-21(27)19-23-18(17-14(2)25-29-20(17)24-19)22-11-7-13-26-12-6-9-15-8-4-5-10-16(15)26/h4-5,8,10H,3,6-7,9,11-13H2,1-2H3,(H,22,23,24). The summed E-state index contributed by atoms with van der Waals surface area (Å²) in [6.07, 6.45) is 3.26. The molecule has 0 spiro atoms. The molecular formula is C21H25N5O3. The Labute approximate surface area is 169 Å². The van der Waals surface area contributed by atoms with Crippen LogP contribution in [0, 0.1) is 6.92 Å². The fourth-order valence-electron chi connectivity index (χ4n) is 3.73. The zero-order valence-electron chi connectivity index (χ0n) is 16.8. The van der Waals surface area contributed by atoms with Crippen LogP contribution in [0.5, 0.6) is 0 Å². The lowest BCUT2D eigenvalue weighted by Gasteiger charge is -2.31. The number of aromatic nitrogens is 3. The SMILES string of the molecule is CCOC(=O)c1nc(NCCCN2CCCc3ccccc32)c2c(C)noc2n1. The number of fused-ring (bicyclic) bond motifs is 2. The Bertz CT molecular complexity index is 1020. The summed E-state index contributed by atoms with van der Waals surface area (Å²) in [7, 11) is 0. The quantitative estimate of drug-likeness (QED) is 0.481. The van der Waals surface area contributed by atoms with E-state index in [4.69, 9.17) is 9.26 Å². The van der Waals surface area contributed by atoms with Crippen molar-refractivity contribution in [2.75, 3.05) is 36.5 Å². The maximum absolute atomic E-state index is 12.1. The molecule has 0 bridgehead atoms. The molecule has 8 heteroatoms. The molecule has 0 radical (unpaired) electrons. The molecule has 3 aromatic rings. The molecule has 0 unspecified atom stereocenters. The monoisotopic (exact) mass is 395 g/mol. The Kier molecular flexibility index (Phi) is 5.59. The number of esters is 1. The first kappa shape index (κ1) is 19.2. The number of hydrogen-bond acceptors (Lipinski definition) is 8. The number of nitrogens with zero attached hydrogens (tertiary/aromatic N) is 4. The fourth-order valence-corrected chi connectivity index (χ4v) is 3.73. The van der Waals surface area contributed by atoms with Crippen LogP contribution in [0.3, 0.4) is 0 Å². The third-order valence-electron chi connectivity index (χ3n) is 5.07. The number of aryl methyl sites for hydroxylation is 2. The number of anilines is 2. The molecular weight excluding hydrogens is 370 g/mol. The first-order valence-corrected chi connectivity index (χ1v) is 10.0. The highest BCUT2D eigenvalue weighted by atomic mass is 16.5. The molecule has 0 fully saturated rings. The van der Waals surface area contributed by atoms with Crippen LogP contribution in [0.2, 0.25) is 0 Å². The number of nitrogens with one attached hydrogen (secondary N) is 1. The summed E-state index contributed by atoms with van der Waals surface area (Å²) in [6.45, 7) is 6.56. The van der Waals surface area contributed by atoms with Gasteiger partial charge in [-0.05, 0) is 44.7 Å². The summed E-state index contributed by atoms with van der Waals surface area (Å²) in [5, 5.41) is 7.98. The Morgan fingerprint density at radius 1 is 1.31 bits per heavy atom. The van der Waals surface area contributed by atoms with Crippen LogP contribution in [-0.2, 0) is 11.2 Å². The predicted octanol–water partition coefficient (Wildman–Crippen LogP) is 3.36. The van der Waals surface area contributed by atoms with E-state index in [-0.39, 0.29) is 18.1 Å². The van der Waals surface area contributed by atoms with E-state index in [0.717, 1.165) is 25.9 Å². The van der Waals surface area contributed by atoms with Gasteiger partial charge in [-0.1, -0.05) is 23.4 Å². The molecule has 0 saturated heterocycles. The summed E-state index contributed by atoms with van der Waals surface area (Å²) in [6, 6.07) is 8.61. The van der Waals surface area contributed by atoms with Crippen molar-refractivity contribution >= 4 is 28.6 Å². The van der Waals surface area contributed by atoms with Crippen LogP contribution in [-0.4, -0.2) is 47.3 Å². The molecule has 0 aliphatic carbocycles. The largest absolute Gasteiger partial charge is 0.460 e. The van der Waals surface area contributed by atoms with Gasteiger partial charge >= 0.3 is 5.97 Å². The molecule has 2 aromatic heterocycles. The van der Waals surface area contributed by atoms with E-state index >= 15 is 0 Å². The molecule has 0 amide bonds. The number of hydrogen-bond donors (Lipinski definition) is 1. The van der Waals surface area contributed by atoms with Gasteiger partial charge in [0.2, 0.25) is 5.82 Å². The van der Waals surface area contributed by atoms with E-state index in [1.54, 1.807) is 6.92 Å². The van der Waals surface area contributed by atoms with E-state index in [1.165, 1.54) is 17.7 Å². The number of benzene rings is 1. The van der Waals surface area contributed by atoms with Gasteiger partial charge < -0.3 is 19.5 Å². The maximum Gasteiger partial charge on any atom is 0.376 e. The Morgan fingerprint density at radius 2 is 2.17 bits per heavy atom.